The number of ether oxygens (including phenoxy) is 1. The van der Waals surface area contributed by atoms with Crippen LogP contribution >= 0.6 is 0 Å². The number of anilines is 2. The van der Waals surface area contributed by atoms with E-state index in [0.29, 0.717) is 17.3 Å². The number of fused-ring (bicyclic) bond motifs is 1. The highest BCUT2D eigenvalue weighted by Gasteiger charge is 2.17. The summed E-state index contributed by atoms with van der Waals surface area (Å²) < 4.78 is 6.91. The summed E-state index contributed by atoms with van der Waals surface area (Å²) >= 11 is 0. The predicted molar refractivity (Wildman–Crippen MR) is 110 cm³/mol. The average Bonchev–Trinajstić information content (AvgIpc) is 3.05. The number of rotatable bonds is 5. The van der Waals surface area contributed by atoms with Gasteiger partial charge in [-0.15, -0.1) is 0 Å². The molecule has 8 nitrogen and oxygen atoms in total. The summed E-state index contributed by atoms with van der Waals surface area (Å²) in [4.78, 5) is 25.3. The quantitative estimate of drug-likeness (QED) is 0.520. The zero-order valence-corrected chi connectivity index (χ0v) is 16.4. The lowest BCUT2D eigenvalue weighted by Crippen LogP contribution is -2.11. The van der Waals surface area contributed by atoms with Crippen LogP contribution in [0, 0.1) is 13.8 Å². The molecule has 0 atom stereocenters. The molecule has 0 aliphatic carbocycles. The Bertz CT molecular complexity index is 1190. The zero-order chi connectivity index (χ0) is 20.4. The molecule has 0 spiro atoms. The van der Waals surface area contributed by atoms with E-state index in [-0.39, 0.29) is 12.2 Å². The number of aryl methyl sites for hydroxylation is 2. The predicted octanol–water partition coefficient (Wildman–Crippen LogP) is 3.75. The molecule has 146 valence electrons. The monoisotopic (exact) mass is 388 g/mol. The molecule has 0 saturated heterocycles. The number of aromatic nitrogens is 5. The first-order valence-corrected chi connectivity index (χ1v) is 9.25. The number of nitrogens with zero attached hydrogens (tertiary/aromatic N) is 5. The molecule has 0 aliphatic rings. The van der Waals surface area contributed by atoms with Gasteiger partial charge in [0, 0.05) is 11.6 Å². The topological polar surface area (TPSA) is 94.8 Å². The van der Waals surface area contributed by atoms with Crippen LogP contribution < -0.4 is 5.32 Å². The van der Waals surface area contributed by atoms with E-state index >= 15 is 0 Å². The van der Waals surface area contributed by atoms with Gasteiger partial charge in [0.1, 0.15) is 17.2 Å². The van der Waals surface area contributed by atoms with Gasteiger partial charge in [-0.1, -0.05) is 18.2 Å². The van der Waals surface area contributed by atoms with Crippen molar-refractivity contribution >= 4 is 28.5 Å². The summed E-state index contributed by atoms with van der Waals surface area (Å²) in [5.74, 6) is 0.449. The van der Waals surface area contributed by atoms with Gasteiger partial charge in [-0.3, -0.25) is 0 Å². The summed E-state index contributed by atoms with van der Waals surface area (Å²) in [7, 11) is 0. The van der Waals surface area contributed by atoms with Crippen LogP contribution in [0.3, 0.4) is 0 Å². The van der Waals surface area contributed by atoms with Crippen LogP contribution in [0.2, 0.25) is 0 Å². The van der Waals surface area contributed by atoms with Crippen LogP contribution in [0.1, 0.15) is 28.8 Å². The fourth-order valence-corrected chi connectivity index (χ4v) is 3.02. The van der Waals surface area contributed by atoms with Crippen molar-refractivity contribution in [3.05, 3.63) is 65.9 Å². The minimum atomic E-state index is -0.475. The third-order valence-corrected chi connectivity index (χ3v) is 4.38. The second-order valence-corrected chi connectivity index (χ2v) is 6.45. The van der Waals surface area contributed by atoms with E-state index in [1.54, 1.807) is 20.0 Å². The molecule has 0 bridgehead atoms. The number of benzene rings is 1. The molecule has 3 heterocycles. The van der Waals surface area contributed by atoms with Gasteiger partial charge in [-0.25, -0.2) is 24.4 Å². The highest BCUT2D eigenvalue weighted by Crippen LogP contribution is 2.25. The van der Waals surface area contributed by atoms with E-state index in [4.69, 9.17) is 4.74 Å². The van der Waals surface area contributed by atoms with E-state index in [1.165, 1.54) is 6.20 Å². The third kappa shape index (κ3) is 3.64. The molecule has 0 fully saturated rings. The number of nitrogens with one attached hydrogen (secondary N) is 1. The normalized spacial score (nSPS) is 10.9. The van der Waals surface area contributed by atoms with Crippen LogP contribution in [-0.2, 0) is 4.74 Å². The number of para-hydroxylation sites is 1. The van der Waals surface area contributed by atoms with Crippen molar-refractivity contribution in [3.8, 4) is 5.69 Å². The van der Waals surface area contributed by atoms with E-state index in [9.17, 15) is 4.79 Å². The van der Waals surface area contributed by atoms with Crippen LogP contribution in [-0.4, -0.2) is 37.3 Å². The fraction of sp³-hybridized carbons (Fsp3) is 0.190. The molecule has 3 aromatic heterocycles. The zero-order valence-electron chi connectivity index (χ0n) is 16.4. The molecule has 4 aromatic rings. The summed E-state index contributed by atoms with van der Waals surface area (Å²) in [5, 5.41) is 8.69. The van der Waals surface area contributed by atoms with Crippen molar-refractivity contribution in [2.45, 2.75) is 20.8 Å². The van der Waals surface area contributed by atoms with Crippen LogP contribution in [0.4, 0.5) is 11.5 Å². The summed E-state index contributed by atoms with van der Waals surface area (Å²) in [6, 6.07) is 11.8. The van der Waals surface area contributed by atoms with Gasteiger partial charge < -0.3 is 10.1 Å². The first kappa shape index (κ1) is 18.5. The van der Waals surface area contributed by atoms with Gasteiger partial charge in [0.05, 0.1) is 29.9 Å². The lowest BCUT2D eigenvalue weighted by Gasteiger charge is -2.11. The largest absolute Gasteiger partial charge is 0.462 e. The number of hydrogen-bond acceptors (Lipinski definition) is 7. The van der Waals surface area contributed by atoms with Crippen molar-refractivity contribution < 1.29 is 9.53 Å². The van der Waals surface area contributed by atoms with E-state index in [0.717, 1.165) is 22.4 Å². The number of esters is 1. The molecular weight excluding hydrogens is 368 g/mol. The van der Waals surface area contributed by atoms with Crippen LogP contribution in [0.25, 0.3) is 16.7 Å². The first-order chi connectivity index (χ1) is 14.1. The van der Waals surface area contributed by atoms with Crippen LogP contribution in [0.5, 0.6) is 0 Å². The Morgan fingerprint density at radius 1 is 1.14 bits per heavy atom. The SMILES string of the molecule is CCOC(=O)c1cnc(C)nc1Nc1cnc2c(c1)c(C)nn2-c1ccccc1. The standard InChI is InChI=1S/C21H20N6O2/c1-4-29-21(28)18-12-22-14(3)24-19(18)25-15-10-17-13(2)26-27(20(17)23-11-15)16-8-6-5-7-9-16/h5-12H,4H2,1-3H3,(H,22,24,25). The Morgan fingerprint density at radius 3 is 2.69 bits per heavy atom. The summed E-state index contributed by atoms with van der Waals surface area (Å²) in [5.41, 5.74) is 3.51. The van der Waals surface area contributed by atoms with Gasteiger partial charge in [0.15, 0.2) is 5.65 Å². The molecule has 0 aliphatic heterocycles. The third-order valence-electron chi connectivity index (χ3n) is 4.38. The molecular formula is C21H20N6O2. The minimum Gasteiger partial charge on any atom is -0.462 e. The van der Waals surface area contributed by atoms with E-state index < -0.39 is 5.97 Å². The molecule has 0 unspecified atom stereocenters. The Morgan fingerprint density at radius 2 is 1.93 bits per heavy atom. The molecule has 4 rings (SSSR count). The fourth-order valence-electron chi connectivity index (χ4n) is 3.02. The molecule has 0 radical (unpaired) electrons. The van der Waals surface area contributed by atoms with Gasteiger partial charge in [0.2, 0.25) is 0 Å². The minimum absolute atomic E-state index is 0.272. The molecule has 0 saturated carbocycles. The summed E-state index contributed by atoms with van der Waals surface area (Å²) in [6.07, 6.45) is 3.16. The maximum Gasteiger partial charge on any atom is 0.343 e. The van der Waals surface area contributed by atoms with E-state index in [2.05, 4.69) is 25.4 Å². The van der Waals surface area contributed by atoms with Crippen molar-refractivity contribution in [2.24, 2.45) is 0 Å². The second kappa shape index (κ2) is 7.67. The molecule has 1 N–H and O–H groups in total. The maximum atomic E-state index is 12.2. The second-order valence-electron chi connectivity index (χ2n) is 6.45. The number of pyridine rings is 1. The lowest BCUT2D eigenvalue weighted by molar-refractivity contribution is 0.0526. The van der Waals surface area contributed by atoms with E-state index in [1.807, 2.05) is 48.0 Å². The van der Waals surface area contributed by atoms with Crippen molar-refractivity contribution in [1.82, 2.24) is 24.7 Å². The number of carbonyl (C=O) groups excluding carboxylic acids is 1. The van der Waals surface area contributed by atoms with Gasteiger partial charge >= 0.3 is 5.97 Å². The highest BCUT2D eigenvalue weighted by atomic mass is 16.5. The van der Waals surface area contributed by atoms with Crippen LogP contribution in [0.15, 0.2) is 48.8 Å². The number of carbonyl (C=O) groups is 1. The molecule has 29 heavy (non-hydrogen) atoms. The van der Waals surface area contributed by atoms with Gasteiger partial charge in [-0.05, 0) is 39.0 Å². The lowest BCUT2D eigenvalue weighted by atomic mass is 10.2. The Hall–Kier alpha value is -3.81. The van der Waals surface area contributed by atoms with Crippen molar-refractivity contribution in [1.29, 1.82) is 0 Å². The van der Waals surface area contributed by atoms with Gasteiger partial charge in [-0.2, -0.15) is 5.10 Å². The molecule has 0 amide bonds. The smallest absolute Gasteiger partial charge is 0.343 e. The Kier molecular flexibility index (Phi) is 4.90. The van der Waals surface area contributed by atoms with Gasteiger partial charge in [0.25, 0.3) is 0 Å². The summed E-state index contributed by atoms with van der Waals surface area (Å²) in [6.45, 7) is 5.73. The molecule has 1 aromatic carbocycles. The average molecular weight is 388 g/mol. The maximum absolute atomic E-state index is 12.2. The van der Waals surface area contributed by atoms with Crippen molar-refractivity contribution in [2.75, 3.05) is 11.9 Å². The Balaban J connectivity index is 1.73. The Labute approximate surface area is 167 Å². The highest BCUT2D eigenvalue weighted by molar-refractivity contribution is 5.95. The van der Waals surface area contributed by atoms with Crippen molar-refractivity contribution in [3.63, 3.8) is 0 Å². The first-order valence-electron chi connectivity index (χ1n) is 9.25. The molecule has 8 heteroatoms. The number of hydrogen-bond donors (Lipinski definition) is 1.